The number of likely N-dealkylation sites (N-methyl/N-ethyl adjacent to an activating group) is 1. The number of hydrogen-bond donors (Lipinski definition) is 0. The normalized spacial score (nSPS) is 17.7. The second kappa shape index (κ2) is 9.68. The van der Waals surface area contributed by atoms with Crippen LogP contribution >= 0.6 is 11.6 Å². The second-order valence-electron chi connectivity index (χ2n) is 9.29. The van der Waals surface area contributed by atoms with E-state index in [1.807, 2.05) is 30.5 Å². The first-order valence-electron chi connectivity index (χ1n) is 11.6. The zero-order chi connectivity index (χ0) is 22.7. The number of rotatable bonds is 10. The van der Waals surface area contributed by atoms with Gasteiger partial charge < -0.3 is 14.2 Å². The van der Waals surface area contributed by atoms with Crippen molar-refractivity contribution in [2.75, 3.05) is 27.2 Å². The van der Waals surface area contributed by atoms with Gasteiger partial charge in [-0.3, -0.25) is 4.79 Å². The Kier molecular flexibility index (Phi) is 6.92. The van der Waals surface area contributed by atoms with Crippen molar-refractivity contribution in [3.8, 4) is 5.75 Å². The van der Waals surface area contributed by atoms with Crippen LogP contribution in [0.25, 0.3) is 10.9 Å². The van der Waals surface area contributed by atoms with Gasteiger partial charge in [-0.1, -0.05) is 49.2 Å². The number of benzene rings is 2. The fourth-order valence-corrected chi connectivity index (χ4v) is 5.21. The van der Waals surface area contributed by atoms with Crippen molar-refractivity contribution in [3.63, 3.8) is 0 Å². The van der Waals surface area contributed by atoms with Crippen molar-refractivity contribution in [2.24, 2.45) is 0 Å². The monoisotopic (exact) mass is 452 g/mol. The Morgan fingerprint density at radius 3 is 2.78 bits per heavy atom. The molecule has 1 aliphatic heterocycles. The summed E-state index contributed by atoms with van der Waals surface area (Å²) in [4.78, 5) is 15.4. The number of fused-ring (bicyclic) bond motifs is 2. The van der Waals surface area contributed by atoms with Crippen LogP contribution in [0.2, 0.25) is 5.02 Å². The summed E-state index contributed by atoms with van der Waals surface area (Å²) >= 11 is 6.26. The van der Waals surface area contributed by atoms with Crippen LogP contribution in [0.1, 0.15) is 54.9 Å². The average molecular weight is 453 g/mol. The minimum atomic E-state index is 0.0266. The molecule has 5 heteroatoms. The lowest BCUT2D eigenvalue weighted by Crippen LogP contribution is -2.28. The van der Waals surface area contributed by atoms with E-state index in [2.05, 4.69) is 48.7 Å². The molecule has 4 rings (SSSR count). The number of hydrogen-bond acceptors (Lipinski definition) is 3. The molecule has 0 saturated heterocycles. The van der Waals surface area contributed by atoms with E-state index in [0.717, 1.165) is 67.6 Å². The molecule has 1 aromatic heterocycles. The summed E-state index contributed by atoms with van der Waals surface area (Å²) in [5.41, 5.74) is 3.18. The lowest BCUT2D eigenvalue weighted by Gasteiger charge is -2.27. The largest absolute Gasteiger partial charge is 0.492 e. The van der Waals surface area contributed by atoms with E-state index in [-0.39, 0.29) is 11.2 Å². The quantitative estimate of drug-likeness (QED) is 0.336. The Hall–Kier alpha value is -2.30. The number of aromatic nitrogens is 1. The van der Waals surface area contributed by atoms with Gasteiger partial charge in [-0.25, -0.2) is 0 Å². The molecule has 2 heterocycles. The van der Waals surface area contributed by atoms with Gasteiger partial charge in [0.25, 0.3) is 0 Å². The fraction of sp³-hybridized carbons (Fsp3) is 0.444. The van der Waals surface area contributed by atoms with Crippen LogP contribution in [0.3, 0.4) is 0 Å². The van der Waals surface area contributed by atoms with E-state index in [4.69, 9.17) is 16.3 Å². The lowest BCUT2D eigenvalue weighted by atomic mass is 9.74. The van der Waals surface area contributed by atoms with Crippen LogP contribution in [-0.2, 0) is 12.0 Å². The molecule has 0 bridgehead atoms. The maximum Gasteiger partial charge on any atom is 0.165 e. The molecule has 1 aliphatic rings. The summed E-state index contributed by atoms with van der Waals surface area (Å²) in [6.45, 7) is 4.67. The van der Waals surface area contributed by atoms with E-state index >= 15 is 0 Å². The molecule has 0 N–H and O–H groups in total. The third kappa shape index (κ3) is 4.57. The van der Waals surface area contributed by atoms with Crippen LogP contribution < -0.4 is 4.74 Å². The Balaban J connectivity index is 1.51. The van der Waals surface area contributed by atoms with Crippen molar-refractivity contribution < 1.29 is 9.53 Å². The summed E-state index contributed by atoms with van der Waals surface area (Å²) in [6.07, 6.45) is 6.57. The molecular weight excluding hydrogens is 420 g/mol. The van der Waals surface area contributed by atoms with Crippen molar-refractivity contribution in [2.45, 2.75) is 51.0 Å². The molecule has 1 unspecified atom stereocenters. The summed E-state index contributed by atoms with van der Waals surface area (Å²) in [5.74, 6) is 1.22. The van der Waals surface area contributed by atoms with E-state index in [0.29, 0.717) is 11.4 Å². The maximum absolute atomic E-state index is 13.3. The maximum atomic E-state index is 13.3. The number of nitrogens with zero attached hydrogens (tertiary/aromatic N) is 2. The summed E-state index contributed by atoms with van der Waals surface area (Å²) < 4.78 is 8.18. The third-order valence-corrected chi connectivity index (χ3v) is 6.92. The number of Topliss-reactive ketones (excluding diaryl/α,β-unsaturated/α-hetero) is 1. The van der Waals surface area contributed by atoms with Gasteiger partial charge in [0.1, 0.15) is 5.75 Å². The molecule has 32 heavy (non-hydrogen) atoms. The summed E-state index contributed by atoms with van der Waals surface area (Å²) in [5, 5.41) is 1.69. The van der Waals surface area contributed by atoms with Crippen molar-refractivity contribution in [1.29, 1.82) is 0 Å². The van der Waals surface area contributed by atoms with Crippen molar-refractivity contribution in [3.05, 3.63) is 64.8 Å². The Labute approximate surface area is 196 Å². The van der Waals surface area contributed by atoms with Crippen LogP contribution in [0.15, 0.2) is 48.7 Å². The smallest absolute Gasteiger partial charge is 0.165 e. The second-order valence-corrected chi connectivity index (χ2v) is 9.73. The molecule has 3 aromatic rings. The van der Waals surface area contributed by atoms with E-state index < -0.39 is 0 Å². The number of halogens is 1. The highest BCUT2D eigenvalue weighted by Crippen LogP contribution is 2.45. The molecule has 4 nitrogen and oxygen atoms in total. The fourth-order valence-electron chi connectivity index (χ4n) is 5.04. The number of ether oxygens (including phenoxy) is 1. The van der Waals surface area contributed by atoms with Gasteiger partial charge in [0, 0.05) is 52.7 Å². The molecule has 0 fully saturated rings. The zero-order valence-electron chi connectivity index (χ0n) is 19.4. The average Bonchev–Trinajstić information content (AvgIpc) is 3.31. The van der Waals surface area contributed by atoms with Gasteiger partial charge in [0.05, 0.1) is 12.1 Å². The molecule has 1 atom stereocenters. The topological polar surface area (TPSA) is 34.5 Å². The molecule has 0 radical (unpaired) electrons. The van der Waals surface area contributed by atoms with Crippen LogP contribution in [0.4, 0.5) is 0 Å². The van der Waals surface area contributed by atoms with Crippen LogP contribution in [0, 0.1) is 0 Å². The highest BCUT2D eigenvalue weighted by atomic mass is 35.5. The third-order valence-electron chi connectivity index (χ3n) is 6.68. The molecule has 0 spiro atoms. The molecule has 170 valence electrons. The number of ketones is 1. The Bertz CT molecular complexity index is 1100. The van der Waals surface area contributed by atoms with Gasteiger partial charge in [-0.05, 0) is 51.6 Å². The molecule has 0 amide bonds. The Morgan fingerprint density at radius 1 is 1.19 bits per heavy atom. The minimum Gasteiger partial charge on any atom is -0.492 e. The van der Waals surface area contributed by atoms with Gasteiger partial charge >= 0.3 is 0 Å². The predicted molar refractivity (Wildman–Crippen MR) is 132 cm³/mol. The molecular formula is C27H33ClN2O2. The number of carbonyl (C=O) groups excluding carboxylic acids is 1. The summed E-state index contributed by atoms with van der Waals surface area (Å²) in [7, 11) is 4.11. The van der Waals surface area contributed by atoms with Crippen molar-refractivity contribution in [1.82, 2.24) is 9.47 Å². The first kappa shape index (κ1) is 22.9. The predicted octanol–water partition coefficient (Wildman–Crippen LogP) is 6.34. The SMILES string of the molecule is CCCC1(CCCC(=O)c2cn(CCN(C)C)c3cc(Cl)ccc23)COc2ccccc21. The number of para-hydroxylation sites is 1. The van der Waals surface area contributed by atoms with E-state index in [9.17, 15) is 4.79 Å². The van der Waals surface area contributed by atoms with Gasteiger partial charge in [0.15, 0.2) is 5.78 Å². The minimum absolute atomic E-state index is 0.0266. The van der Waals surface area contributed by atoms with Crippen molar-refractivity contribution >= 4 is 28.3 Å². The van der Waals surface area contributed by atoms with E-state index in [1.165, 1.54) is 5.56 Å². The van der Waals surface area contributed by atoms with Gasteiger partial charge in [-0.2, -0.15) is 0 Å². The first-order chi connectivity index (χ1) is 15.4. The Morgan fingerprint density at radius 2 is 2.00 bits per heavy atom. The standard InChI is InChI=1S/C27H33ClN2O2/c1-4-13-27(19-32-26-10-6-5-8-23(26)27)14-7-9-25(31)22-18-30(16-15-29(2)3)24-17-20(28)11-12-21(22)24/h5-6,8,10-12,17-18H,4,7,9,13-16,19H2,1-3H3. The highest BCUT2D eigenvalue weighted by Gasteiger charge is 2.39. The van der Waals surface area contributed by atoms with Crippen LogP contribution in [-0.4, -0.2) is 42.5 Å². The van der Waals surface area contributed by atoms with E-state index in [1.54, 1.807) is 0 Å². The lowest BCUT2D eigenvalue weighted by molar-refractivity contribution is 0.0976. The zero-order valence-corrected chi connectivity index (χ0v) is 20.1. The van der Waals surface area contributed by atoms with Gasteiger partial charge in [-0.15, -0.1) is 0 Å². The molecule has 0 saturated carbocycles. The van der Waals surface area contributed by atoms with Crippen LogP contribution in [0.5, 0.6) is 5.75 Å². The molecule has 0 aliphatic carbocycles. The number of carbonyl (C=O) groups is 1. The summed E-state index contributed by atoms with van der Waals surface area (Å²) in [6, 6.07) is 14.2. The highest BCUT2D eigenvalue weighted by molar-refractivity contribution is 6.31. The first-order valence-corrected chi connectivity index (χ1v) is 12.0. The molecule has 2 aromatic carbocycles. The van der Waals surface area contributed by atoms with Gasteiger partial charge in [0.2, 0.25) is 0 Å².